The first kappa shape index (κ1) is 14.6. The van der Waals surface area contributed by atoms with Crippen molar-refractivity contribution in [2.24, 2.45) is 5.73 Å². The Bertz CT molecular complexity index is 477. The molecule has 1 saturated heterocycles. The lowest BCUT2D eigenvalue weighted by atomic mass is 10.2. The lowest BCUT2D eigenvalue weighted by Gasteiger charge is -2.24. The fourth-order valence-electron chi connectivity index (χ4n) is 2.47. The van der Waals surface area contributed by atoms with E-state index < -0.39 is 0 Å². The van der Waals surface area contributed by atoms with Crippen molar-refractivity contribution in [3.05, 3.63) is 11.9 Å². The van der Waals surface area contributed by atoms with Crippen LogP contribution in [0.3, 0.4) is 0 Å². The highest BCUT2D eigenvalue weighted by atomic mass is 16.1. The average Bonchev–Trinajstić information content (AvgIpc) is 2.94. The minimum atomic E-state index is -0.276. The van der Waals surface area contributed by atoms with Crippen molar-refractivity contribution >= 4 is 17.5 Å². The zero-order chi connectivity index (χ0) is 14.5. The number of rotatable bonds is 6. The number of amides is 1. The fourth-order valence-corrected chi connectivity index (χ4v) is 2.47. The topological polar surface area (TPSA) is 84.1 Å². The van der Waals surface area contributed by atoms with Gasteiger partial charge in [-0.3, -0.25) is 4.79 Å². The Labute approximate surface area is 119 Å². The van der Waals surface area contributed by atoms with E-state index in [-0.39, 0.29) is 11.9 Å². The third-order valence-corrected chi connectivity index (χ3v) is 3.51. The summed E-state index contributed by atoms with van der Waals surface area (Å²) in [5.41, 5.74) is 5.47. The van der Waals surface area contributed by atoms with Crippen molar-refractivity contribution in [2.45, 2.75) is 45.6 Å². The predicted octanol–water partition coefficient (Wildman–Crippen LogP) is 1.31. The maximum absolute atomic E-state index is 11.5. The van der Waals surface area contributed by atoms with E-state index in [9.17, 15) is 4.79 Å². The van der Waals surface area contributed by atoms with Gasteiger partial charge in [0.2, 0.25) is 5.91 Å². The number of nitrogens with one attached hydrogen (secondary N) is 1. The van der Waals surface area contributed by atoms with Crippen molar-refractivity contribution < 1.29 is 4.79 Å². The van der Waals surface area contributed by atoms with E-state index in [2.05, 4.69) is 22.2 Å². The number of carbonyl (C=O) groups excluding carboxylic acids is 1. The third-order valence-electron chi connectivity index (χ3n) is 3.51. The molecule has 0 aliphatic carbocycles. The standard InChI is InChI=1S/C14H23N5O/c1-3-7-16-12-9-13(18-11(4-2)17-12)19-8-5-6-10(19)14(15)20/h9-10H,3-8H2,1-2H3,(H2,15,20)(H,16,17,18). The number of hydrogen-bond acceptors (Lipinski definition) is 5. The summed E-state index contributed by atoms with van der Waals surface area (Å²) in [5, 5.41) is 3.28. The number of carbonyl (C=O) groups is 1. The molecule has 1 aliphatic heterocycles. The smallest absolute Gasteiger partial charge is 0.240 e. The molecular weight excluding hydrogens is 254 g/mol. The lowest BCUT2D eigenvalue weighted by Crippen LogP contribution is -2.40. The Morgan fingerprint density at radius 3 is 2.95 bits per heavy atom. The van der Waals surface area contributed by atoms with Crippen molar-refractivity contribution in [3.8, 4) is 0 Å². The normalized spacial score (nSPS) is 18.3. The molecule has 1 aromatic rings. The van der Waals surface area contributed by atoms with Crippen LogP contribution in [0.2, 0.25) is 0 Å². The summed E-state index contributed by atoms with van der Waals surface area (Å²) >= 11 is 0. The van der Waals surface area contributed by atoms with Crippen LogP contribution in [0.5, 0.6) is 0 Å². The van der Waals surface area contributed by atoms with Crippen LogP contribution in [-0.4, -0.2) is 35.0 Å². The molecule has 2 rings (SSSR count). The van der Waals surface area contributed by atoms with Crippen LogP contribution in [0.1, 0.15) is 38.9 Å². The van der Waals surface area contributed by atoms with Crippen molar-refractivity contribution in [2.75, 3.05) is 23.3 Å². The second-order valence-electron chi connectivity index (χ2n) is 5.06. The van der Waals surface area contributed by atoms with Crippen LogP contribution in [0.15, 0.2) is 6.07 Å². The van der Waals surface area contributed by atoms with E-state index in [0.717, 1.165) is 56.2 Å². The zero-order valence-electron chi connectivity index (χ0n) is 12.2. The quantitative estimate of drug-likeness (QED) is 0.819. The minimum Gasteiger partial charge on any atom is -0.370 e. The van der Waals surface area contributed by atoms with Crippen molar-refractivity contribution in [1.29, 1.82) is 0 Å². The molecule has 0 saturated carbocycles. The largest absolute Gasteiger partial charge is 0.370 e. The summed E-state index contributed by atoms with van der Waals surface area (Å²) in [6, 6.07) is 1.67. The molecule has 1 unspecified atom stereocenters. The molecule has 110 valence electrons. The first-order valence-electron chi connectivity index (χ1n) is 7.33. The first-order valence-corrected chi connectivity index (χ1v) is 7.33. The lowest BCUT2D eigenvalue weighted by molar-refractivity contribution is -0.119. The summed E-state index contributed by atoms with van der Waals surface area (Å²) in [7, 11) is 0. The van der Waals surface area contributed by atoms with Crippen LogP contribution >= 0.6 is 0 Å². The number of anilines is 2. The van der Waals surface area contributed by atoms with Crippen molar-refractivity contribution in [3.63, 3.8) is 0 Å². The number of primary amides is 1. The van der Waals surface area contributed by atoms with E-state index in [1.165, 1.54) is 0 Å². The van der Waals surface area contributed by atoms with Crippen LogP contribution in [0.4, 0.5) is 11.6 Å². The van der Waals surface area contributed by atoms with Gasteiger partial charge >= 0.3 is 0 Å². The van der Waals surface area contributed by atoms with Gasteiger partial charge in [0.05, 0.1) is 0 Å². The van der Waals surface area contributed by atoms with Gasteiger partial charge in [-0.2, -0.15) is 0 Å². The minimum absolute atomic E-state index is 0.242. The summed E-state index contributed by atoms with van der Waals surface area (Å²) < 4.78 is 0. The van der Waals surface area contributed by atoms with Crippen molar-refractivity contribution in [1.82, 2.24) is 9.97 Å². The molecule has 0 spiro atoms. The number of aryl methyl sites for hydroxylation is 1. The second-order valence-corrected chi connectivity index (χ2v) is 5.06. The van der Waals surface area contributed by atoms with Crippen LogP contribution in [-0.2, 0) is 11.2 Å². The molecule has 0 radical (unpaired) electrons. The highest BCUT2D eigenvalue weighted by Crippen LogP contribution is 2.25. The monoisotopic (exact) mass is 277 g/mol. The fraction of sp³-hybridized carbons (Fsp3) is 0.643. The molecule has 6 heteroatoms. The molecule has 1 amide bonds. The molecule has 0 aromatic carbocycles. The Morgan fingerprint density at radius 2 is 2.30 bits per heavy atom. The highest BCUT2D eigenvalue weighted by molar-refractivity contribution is 5.84. The maximum Gasteiger partial charge on any atom is 0.240 e. The summed E-state index contributed by atoms with van der Waals surface area (Å²) in [4.78, 5) is 22.5. The van der Waals surface area contributed by atoms with Gasteiger partial charge in [0.25, 0.3) is 0 Å². The first-order chi connectivity index (χ1) is 9.65. The summed E-state index contributed by atoms with van der Waals surface area (Å²) in [6.07, 6.45) is 3.58. The van der Waals surface area contributed by atoms with E-state index in [4.69, 9.17) is 5.73 Å². The van der Waals surface area contributed by atoms with Gasteiger partial charge < -0.3 is 16.0 Å². The Morgan fingerprint density at radius 1 is 1.50 bits per heavy atom. The van der Waals surface area contributed by atoms with E-state index in [1.54, 1.807) is 0 Å². The predicted molar refractivity (Wildman–Crippen MR) is 79.8 cm³/mol. The van der Waals surface area contributed by atoms with Gasteiger partial charge in [0.15, 0.2) is 0 Å². The van der Waals surface area contributed by atoms with Gasteiger partial charge in [-0.25, -0.2) is 9.97 Å². The number of hydrogen-bond donors (Lipinski definition) is 2. The number of nitrogens with two attached hydrogens (primary N) is 1. The highest BCUT2D eigenvalue weighted by Gasteiger charge is 2.30. The molecule has 3 N–H and O–H groups in total. The molecule has 20 heavy (non-hydrogen) atoms. The van der Waals surface area contributed by atoms with E-state index >= 15 is 0 Å². The maximum atomic E-state index is 11.5. The van der Waals surface area contributed by atoms with Crippen LogP contribution in [0.25, 0.3) is 0 Å². The Kier molecular flexibility index (Phi) is 4.76. The molecule has 1 aliphatic rings. The summed E-state index contributed by atoms with van der Waals surface area (Å²) in [6.45, 7) is 5.83. The molecule has 1 fully saturated rings. The molecule has 1 atom stereocenters. The molecule has 6 nitrogen and oxygen atoms in total. The van der Waals surface area contributed by atoms with Gasteiger partial charge in [-0.05, 0) is 19.3 Å². The molecule has 0 bridgehead atoms. The van der Waals surface area contributed by atoms with Gasteiger partial charge in [-0.15, -0.1) is 0 Å². The van der Waals surface area contributed by atoms with E-state index in [0.29, 0.717) is 0 Å². The van der Waals surface area contributed by atoms with E-state index in [1.807, 2.05) is 17.9 Å². The molecular formula is C14H23N5O. The molecule has 1 aromatic heterocycles. The SMILES string of the molecule is CCCNc1cc(N2CCCC2C(N)=O)nc(CC)n1. The Hall–Kier alpha value is -1.85. The van der Waals surface area contributed by atoms with Gasteiger partial charge in [0.1, 0.15) is 23.5 Å². The number of aromatic nitrogens is 2. The summed E-state index contributed by atoms with van der Waals surface area (Å²) in [5.74, 6) is 2.14. The number of nitrogens with zero attached hydrogens (tertiary/aromatic N) is 3. The second kappa shape index (κ2) is 6.54. The van der Waals surface area contributed by atoms with Gasteiger partial charge in [0, 0.05) is 25.6 Å². The average molecular weight is 277 g/mol. The zero-order valence-corrected chi connectivity index (χ0v) is 12.2. The molecule has 2 heterocycles. The third kappa shape index (κ3) is 3.18. The van der Waals surface area contributed by atoms with Gasteiger partial charge in [-0.1, -0.05) is 13.8 Å². The van der Waals surface area contributed by atoms with Crippen LogP contribution in [0, 0.1) is 0 Å². The van der Waals surface area contributed by atoms with Crippen LogP contribution < -0.4 is 16.0 Å². The Balaban J connectivity index is 2.27.